The lowest BCUT2D eigenvalue weighted by Gasteiger charge is -2.38. The third-order valence-electron chi connectivity index (χ3n) is 2.90. The minimum Gasteiger partial charge on any atom is -0.381 e. The monoisotopic (exact) mass is 173 g/mol. The summed E-state index contributed by atoms with van der Waals surface area (Å²) >= 11 is 0. The van der Waals surface area contributed by atoms with Crippen LogP contribution in [0.3, 0.4) is 0 Å². The fraction of sp³-hybridized carbons (Fsp3) is 1.00. The van der Waals surface area contributed by atoms with Gasteiger partial charge in [0.15, 0.2) is 0 Å². The van der Waals surface area contributed by atoms with Gasteiger partial charge in [0.25, 0.3) is 0 Å². The van der Waals surface area contributed by atoms with Crippen molar-refractivity contribution < 1.29 is 9.47 Å². The molecule has 0 heterocycles. The highest BCUT2D eigenvalue weighted by molar-refractivity contribution is 4.89. The van der Waals surface area contributed by atoms with Crippen LogP contribution in [-0.4, -0.2) is 32.5 Å². The van der Waals surface area contributed by atoms with Crippen LogP contribution in [0.15, 0.2) is 0 Å². The molecule has 0 aromatic carbocycles. The lowest BCUT2D eigenvalue weighted by Crippen LogP contribution is -2.45. The van der Waals surface area contributed by atoms with Crippen molar-refractivity contribution in [3.63, 3.8) is 0 Å². The van der Waals surface area contributed by atoms with Gasteiger partial charge in [-0.3, -0.25) is 0 Å². The molecule has 1 saturated carbocycles. The van der Waals surface area contributed by atoms with Crippen molar-refractivity contribution in [2.75, 3.05) is 20.8 Å². The molecule has 1 aliphatic carbocycles. The molecule has 0 amide bonds. The Labute approximate surface area is 74.2 Å². The Balaban J connectivity index is 2.52. The summed E-state index contributed by atoms with van der Waals surface area (Å²) in [6.07, 6.45) is 4.64. The first-order valence-electron chi connectivity index (χ1n) is 4.54. The first kappa shape index (κ1) is 9.96. The SMILES string of the molecule is COC1CCCC(CN)(OC)C1. The van der Waals surface area contributed by atoms with Crippen molar-refractivity contribution in [3.05, 3.63) is 0 Å². The van der Waals surface area contributed by atoms with Crippen molar-refractivity contribution in [2.45, 2.75) is 37.4 Å². The van der Waals surface area contributed by atoms with E-state index in [1.807, 2.05) is 0 Å². The minimum absolute atomic E-state index is 0.112. The molecule has 0 radical (unpaired) electrons. The first-order valence-corrected chi connectivity index (χ1v) is 4.54. The van der Waals surface area contributed by atoms with E-state index in [1.165, 1.54) is 0 Å². The van der Waals surface area contributed by atoms with Crippen LogP contribution < -0.4 is 5.73 Å². The van der Waals surface area contributed by atoms with E-state index in [9.17, 15) is 0 Å². The Morgan fingerprint density at radius 2 is 2.25 bits per heavy atom. The highest BCUT2D eigenvalue weighted by Crippen LogP contribution is 2.31. The standard InChI is InChI=1S/C9H19NO2/c1-11-8-4-3-5-9(6-8,7-10)12-2/h8H,3-7,10H2,1-2H3. The molecular weight excluding hydrogens is 154 g/mol. The summed E-state index contributed by atoms with van der Waals surface area (Å²) in [5, 5.41) is 0. The number of rotatable bonds is 3. The second-order valence-electron chi connectivity index (χ2n) is 3.55. The molecule has 3 heteroatoms. The summed E-state index contributed by atoms with van der Waals surface area (Å²) in [7, 11) is 3.50. The van der Waals surface area contributed by atoms with Gasteiger partial charge in [0, 0.05) is 27.2 Å². The average Bonchev–Trinajstić information content (AvgIpc) is 2.18. The number of ether oxygens (including phenoxy) is 2. The van der Waals surface area contributed by atoms with Gasteiger partial charge in [0.2, 0.25) is 0 Å². The highest BCUT2D eigenvalue weighted by atomic mass is 16.5. The molecule has 0 bridgehead atoms. The van der Waals surface area contributed by atoms with Crippen molar-refractivity contribution in [1.29, 1.82) is 0 Å². The van der Waals surface area contributed by atoms with Gasteiger partial charge in [-0.05, 0) is 19.3 Å². The van der Waals surface area contributed by atoms with Gasteiger partial charge in [-0.25, -0.2) is 0 Å². The summed E-state index contributed by atoms with van der Waals surface area (Å²) in [5.41, 5.74) is 5.57. The summed E-state index contributed by atoms with van der Waals surface area (Å²) in [4.78, 5) is 0. The van der Waals surface area contributed by atoms with Gasteiger partial charge in [0.05, 0.1) is 11.7 Å². The van der Waals surface area contributed by atoms with E-state index >= 15 is 0 Å². The molecule has 3 nitrogen and oxygen atoms in total. The smallest absolute Gasteiger partial charge is 0.0825 e. The van der Waals surface area contributed by atoms with E-state index in [4.69, 9.17) is 15.2 Å². The Morgan fingerprint density at radius 1 is 1.50 bits per heavy atom. The van der Waals surface area contributed by atoms with Crippen LogP contribution >= 0.6 is 0 Å². The van der Waals surface area contributed by atoms with Crippen LogP contribution in [0, 0.1) is 0 Å². The fourth-order valence-corrected chi connectivity index (χ4v) is 1.93. The summed E-state index contributed by atoms with van der Waals surface area (Å²) in [5.74, 6) is 0. The maximum Gasteiger partial charge on any atom is 0.0825 e. The third kappa shape index (κ3) is 1.97. The molecule has 0 aromatic rings. The molecule has 2 unspecified atom stereocenters. The Morgan fingerprint density at radius 3 is 2.75 bits per heavy atom. The largest absolute Gasteiger partial charge is 0.381 e. The molecule has 0 aliphatic heterocycles. The molecule has 0 aromatic heterocycles. The van der Waals surface area contributed by atoms with Gasteiger partial charge in [-0.1, -0.05) is 0 Å². The second-order valence-corrected chi connectivity index (χ2v) is 3.55. The Bertz CT molecular complexity index is 134. The molecule has 2 atom stereocenters. The number of hydrogen-bond donors (Lipinski definition) is 1. The van der Waals surface area contributed by atoms with Crippen LogP contribution in [0.25, 0.3) is 0 Å². The minimum atomic E-state index is -0.112. The second kappa shape index (κ2) is 4.21. The van der Waals surface area contributed by atoms with Crippen LogP contribution in [0.2, 0.25) is 0 Å². The quantitative estimate of drug-likeness (QED) is 0.690. The third-order valence-corrected chi connectivity index (χ3v) is 2.90. The highest BCUT2D eigenvalue weighted by Gasteiger charge is 2.35. The molecule has 1 rings (SSSR count). The van der Waals surface area contributed by atoms with Crippen molar-refractivity contribution in [1.82, 2.24) is 0 Å². The summed E-state index contributed by atoms with van der Waals surface area (Å²) < 4.78 is 10.8. The Hall–Kier alpha value is -0.120. The average molecular weight is 173 g/mol. The first-order chi connectivity index (χ1) is 5.76. The number of methoxy groups -OCH3 is 2. The molecule has 72 valence electrons. The molecule has 1 fully saturated rings. The zero-order chi connectivity index (χ0) is 9.03. The van der Waals surface area contributed by atoms with E-state index in [-0.39, 0.29) is 5.60 Å². The van der Waals surface area contributed by atoms with Gasteiger partial charge < -0.3 is 15.2 Å². The maximum absolute atomic E-state index is 5.69. The van der Waals surface area contributed by atoms with Crippen LogP contribution in [0.4, 0.5) is 0 Å². The molecule has 1 aliphatic rings. The molecule has 0 spiro atoms. The topological polar surface area (TPSA) is 44.5 Å². The summed E-state index contributed by atoms with van der Waals surface area (Å²) in [6.45, 7) is 0.601. The molecule has 2 N–H and O–H groups in total. The van der Waals surface area contributed by atoms with Crippen LogP contribution in [-0.2, 0) is 9.47 Å². The van der Waals surface area contributed by atoms with Gasteiger partial charge >= 0.3 is 0 Å². The van der Waals surface area contributed by atoms with Crippen molar-refractivity contribution in [3.8, 4) is 0 Å². The van der Waals surface area contributed by atoms with Crippen molar-refractivity contribution >= 4 is 0 Å². The predicted octanol–water partition coefficient (Wildman–Crippen LogP) is 0.919. The lowest BCUT2D eigenvalue weighted by atomic mass is 9.83. The number of hydrogen-bond acceptors (Lipinski definition) is 3. The number of nitrogens with two attached hydrogens (primary N) is 1. The fourth-order valence-electron chi connectivity index (χ4n) is 1.93. The van der Waals surface area contributed by atoms with Gasteiger partial charge in [0.1, 0.15) is 0 Å². The zero-order valence-electron chi connectivity index (χ0n) is 8.01. The molecular formula is C9H19NO2. The van der Waals surface area contributed by atoms with E-state index < -0.39 is 0 Å². The summed E-state index contributed by atoms with van der Waals surface area (Å²) in [6, 6.07) is 0. The van der Waals surface area contributed by atoms with Crippen LogP contribution in [0.1, 0.15) is 25.7 Å². The predicted molar refractivity (Wildman–Crippen MR) is 48.1 cm³/mol. The zero-order valence-corrected chi connectivity index (χ0v) is 8.01. The normalized spacial score (nSPS) is 36.8. The van der Waals surface area contributed by atoms with Gasteiger partial charge in [-0.15, -0.1) is 0 Å². The van der Waals surface area contributed by atoms with E-state index in [1.54, 1.807) is 14.2 Å². The van der Waals surface area contributed by atoms with E-state index in [0.717, 1.165) is 25.7 Å². The Kier molecular flexibility index (Phi) is 3.50. The van der Waals surface area contributed by atoms with Gasteiger partial charge in [-0.2, -0.15) is 0 Å². The van der Waals surface area contributed by atoms with E-state index in [0.29, 0.717) is 12.6 Å². The lowest BCUT2D eigenvalue weighted by molar-refractivity contribution is -0.0785. The molecule has 0 saturated heterocycles. The van der Waals surface area contributed by atoms with Crippen molar-refractivity contribution in [2.24, 2.45) is 5.73 Å². The van der Waals surface area contributed by atoms with E-state index in [2.05, 4.69) is 0 Å². The maximum atomic E-state index is 5.69. The van der Waals surface area contributed by atoms with Crippen LogP contribution in [0.5, 0.6) is 0 Å². The molecule has 12 heavy (non-hydrogen) atoms.